The molecule has 1 fully saturated rings. The highest BCUT2D eigenvalue weighted by Crippen LogP contribution is 2.23. The maximum Gasteiger partial charge on any atom is 0.123 e. The van der Waals surface area contributed by atoms with Gasteiger partial charge in [0, 0.05) is 12.4 Å². The summed E-state index contributed by atoms with van der Waals surface area (Å²) in [6, 6.07) is 0.400. The van der Waals surface area contributed by atoms with Gasteiger partial charge >= 0.3 is 0 Å². The molecule has 1 atom stereocenters. The minimum atomic E-state index is 0.400. The van der Waals surface area contributed by atoms with Gasteiger partial charge in [-0.15, -0.1) is 0 Å². The molecular formula is C13H23N3. The van der Waals surface area contributed by atoms with Crippen molar-refractivity contribution in [1.29, 1.82) is 0 Å². The Hall–Kier alpha value is -0.830. The van der Waals surface area contributed by atoms with Gasteiger partial charge in [0.05, 0.1) is 6.04 Å². The second kappa shape index (κ2) is 6.04. The second-order valence-corrected chi connectivity index (χ2v) is 4.85. The molecule has 0 bridgehead atoms. The second-order valence-electron chi connectivity index (χ2n) is 4.85. The molecule has 1 aromatic heterocycles. The fraction of sp³-hybridized carbons (Fsp3) is 0.769. The van der Waals surface area contributed by atoms with Crippen LogP contribution < -0.4 is 5.32 Å². The molecule has 1 heterocycles. The van der Waals surface area contributed by atoms with Gasteiger partial charge in [-0.2, -0.15) is 0 Å². The van der Waals surface area contributed by atoms with Crippen molar-refractivity contribution < 1.29 is 0 Å². The highest BCUT2D eigenvalue weighted by atomic mass is 15.0. The molecule has 1 aliphatic rings. The Labute approximate surface area is 98.1 Å². The summed E-state index contributed by atoms with van der Waals surface area (Å²) in [4.78, 5) is 7.54. The summed E-state index contributed by atoms with van der Waals surface area (Å²) in [5.74, 6) is 1.97. The predicted octanol–water partition coefficient (Wildman–Crippen LogP) is 3.03. The number of aromatic nitrogens is 2. The van der Waals surface area contributed by atoms with Gasteiger partial charge in [0.2, 0.25) is 0 Å². The van der Waals surface area contributed by atoms with Crippen LogP contribution in [0, 0.1) is 5.92 Å². The van der Waals surface area contributed by atoms with Crippen molar-refractivity contribution in [3.8, 4) is 0 Å². The van der Waals surface area contributed by atoms with Crippen molar-refractivity contribution >= 4 is 0 Å². The fourth-order valence-corrected chi connectivity index (χ4v) is 2.60. The summed E-state index contributed by atoms with van der Waals surface area (Å²) >= 11 is 0. The summed E-state index contributed by atoms with van der Waals surface area (Å²) in [5.41, 5.74) is 0. The third-order valence-electron chi connectivity index (χ3n) is 3.64. The minimum absolute atomic E-state index is 0.400. The fourth-order valence-electron chi connectivity index (χ4n) is 2.60. The lowest BCUT2D eigenvalue weighted by Crippen LogP contribution is -2.28. The van der Waals surface area contributed by atoms with E-state index in [1.807, 2.05) is 12.4 Å². The smallest absolute Gasteiger partial charge is 0.123 e. The van der Waals surface area contributed by atoms with Crippen LogP contribution in [-0.2, 0) is 0 Å². The largest absolute Gasteiger partial charge is 0.347 e. The van der Waals surface area contributed by atoms with Gasteiger partial charge in [0.1, 0.15) is 5.82 Å². The molecule has 3 heteroatoms. The number of hydrogen-bond donors (Lipinski definition) is 2. The standard InChI is InChI=1S/C13H23N3/c1-2-12(13-14-8-9-15-13)16-10-11-6-4-3-5-7-11/h8-9,11-12,16H,2-7,10H2,1H3,(H,14,15). The Morgan fingerprint density at radius 2 is 2.25 bits per heavy atom. The van der Waals surface area contributed by atoms with Crippen molar-refractivity contribution in [3.05, 3.63) is 18.2 Å². The zero-order chi connectivity index (χ0) is 11.2. The van der Waals surface area contributed by atoms with Crippen LogP contribution >= 0.6 is 0 Å². The van der Waals surface area contributed by atoms with Gasteiger partial charge in [-0.3, -0.25) is 0 Å². The molecule has 2 rings (SSSR count). The lowest BCUT2D eigenvalue weighted by Gasteiger charge is -2.24. The van der Waals surface area contributed by atoms with E-state index < -0.39 is 0 Å². The van der Waals surface area contributed by atoms with E-state index in [1.54, 1.807) is 0 Å². The van der Waals surface area contributed by atoms with Crippen LogP contribution in [-0.4, -0.2) is 16.5 Å². The Morgan fingerprint density at radius 1 is 1.44 bits per heavy atom. The topological polar surface area (TPSA) is 40.7 Å². The van der Waals surface area contributed by atoms with E-state index in [1.165, 1.54) is 32.1 Å². The van der Waals surface area contributed by atoms with E-state index in [0.717, 1.165) is 24.7 Å². The molecule has 1 aliphatic carbocycles. The molecule has 0 spiro atoms. The lowest BCUT2D eigenvalue weighted by atomic mass is 9.89. The van der Waals surface area contributed by atoms with Crippen LogP contribution in [0.15, 0.2) is 12.4 Å². The molecule has 1 unspecified atom stereocenters. The van der Waals surface area contributed by atoms with Crippen molar-refractivity contribution in [2.24, 2.45) is 5.92 Å². The van der Waals surface area contributed by atoms with Gasteiger partial charge in [-0.05, 0) is 31.7 Å². The van der Waals surface area contributed by atoms with E-state index in [-0.39, 0.29) is 0 Å². The van der Waals surface area contributed by atoms with Crippen molar-refractivity contribution in [1.82, 2.24) is 15.3 Å². The molecule has 1 aromatic rings. The maximum absolute atomic E-state index is 4.33. The van der Waals surface area contributed by atoms with Gasteiger partial charge in [0.15, 0.2) is 0 Å². The molecule has 2 N–H and O–H groups in total. The SMILES string of the molecule is CCC(NCC1CCCCC1)c1ncc[nH]1. The Morgan fingerprint density at radius 3 is 2.88 bits per heavy atom. The summed E-state index contributed by atoms with van der Waals surface area (Å²) in [5, 5.41) is 3.65. The zero-order valence-electron chi connectivity index (χ0n) is 10.2. The van der Waals surface area contributed by atoms with E-state index in [2.05, 4.69) is 22.2 Å². The van der Waals surface area contributed by atoms with E-state index in [0.29, 0.717) is 6.04 Å². The third kappa shape index (κ3) is 3.08. The first-order valence-corrected chi connectivity index (χ1v) is 6.62. The van der Waals surface area contributed by atoms with E-state index >= 15 is 0 Å². The average molecular weight is 221 g/mol. The summed E-state index contributed by atoms with van der Waals surface area (Å²) in [6.45, 7) is 3.36. The first-order chi connectivity index (χ1) is 7.90. The molecular weight excluding hydrogens is 198 g/mol. The normalized spacial score (nSPS) is 19.8. The molecule has 90 valence electrons. The number of hydrogen-bond acceptors (Lipinski definition) is 2. The summed E-state index contributed by atoms with van der Waals surface area (Å²) in [6.07, 6.45) is 11.9. The molecule has 0 aliphatic heterocycles. The van der Waals surface area contributed by atoms with Gasteiger partial charge in [-0.1, -0.05) is 26.2 Å². The van der Waals surface area contributed by atoms with Crippen LogP contribution in [0.3, 0.4) is 0 Å². The number of aromatic amines is 1. The Kier molecular flexibility index (Phi) is 4.40. The van der Waals surface area contributed by atoms with Crippen molar-refractivity contribution in [3.63, 3.8) is 0 Å². The van der Waals surface area contributed by atoms with E-state index in [4.69, 9.17) is 0 Å². The number of nitrogens with zero attached hydrogens (tertiary/aromatic N) is 1. The quantitative estimate of drug-likeness (QED) is 0.802. The molecule has 1 saturated carbocycles. The van der Waals surface area contributed by atoms with Crippen LogP contribution in [0.25, 0.3) is 0 Å². The Balaban J connectivity index is 1.78. The van der Waals surface area contributed by atoms with Gasteiger partial charge in [0.25, 0.3) is 0 Å². The highest BCUT2D eigenvalue weighted by molar-refractivity contribution is 4.95. The molecule has 16 heavy (non-hydrogen) atoms. The first kappa shape index (κ1) is 11.6. The monoisotopic (exact) mass is 221 g/mol. The van der Waals surface area contributed by atoms with E-state index in [9.17, 15) is 0 Å². The van der Waals surface area contributed by atoms with Crippen LogP contribution in [0.5, 0.6) is 0 Å². The molecule has 0 aromatic carbocycles. The van der Waals surface area contributed by atoms with Crippen LogP contribution in [0.4, 0.5) is 0 Å². The number of rotatable bonds is 5. The third-order valence-corrected chi connectivity index (χ3v) is 3.64. The number of imidazole rings is 1. The summed E-state index contributed by atoms with van der Waals surface area (Å²) in [7, 11) is 0. The Bertz CT molecular complexity index is 275. The highest BCUT2D eigenvalue weighted by Gasteiger charge is 2.16. The van der Waals surface area contributed by atoms with Crippen molar-refractivity contribution in [2.75, 3.05) is 6.54 Å². The number of nitrogens with one attached hydrogen (secondary N) is 2. The number of H-pyrrole nitrogens is 1. The predicted molar refractivity (Wildman–Crippen MR) is 66.2 cm³/mol. The molecule has 3 nitrogen and oxygen atoms in total. The molecule has 0 radical (unpaired) electrons. The lowest BCUT2D eigenvalue weighted by molar-refractivity contribution is 0.323. The first-order valence-electron chi connectivity index (χ1n) is 6.62. The van der Waals surface area contributed by atoms with Crippen molar-refractivity contribution in [2.45, 2.75) is 51.5 Å². The molecule has 0 amide bonds. The van der Waals surface area contributed by atoms with Crippen LogP contribution in [0.2, 0.25) is 0 Å². The van der Waals surface area contributed by atoms with Gasteiger partial charge < -0.3 is 10.3 Å². The van der Waals surface area contributed by atoms with Crippen LogP contribution in [0.1, 0.15) is 57.3 Å². The summed E-state index contributed by atoms with van der Waals surface area (Å²) < 4.78 is 0. The minimum Gasteiger partial charge on any atom is -0.347 e. The maximum atomic E-state index is 4.33. The van der Waals surface area contributed by atoms with Gasteiger partial charge in [-0.25, -0.2) is 4.98 Å². The molecule has 0 saturated heterocycles. The average Bonchev–Trinajstić information content (AvgIpc) is 2.85. The zero-order valence-corrected chi connectivity index (χ0v) is 10.2.